The molecule has 0 bridgehead atoms. The van der Waals surface area contributed by atoms with Gasteiger partial charge in [0.05, 0.1) is 39.9 Å². The van der Waals surface area contributed by atoms with Crippen LogP contribution in [-0.4, -0.2) is 56.0 Å². The Morgan fingerprint density at radius 2 is 1.89 bits per heavy atom. The van der Waals surface area contributed by atoms with Gasteiger partial charge in [0.25, 0.3) is 0 Å². The highest BCUT2D eigenvalue weighted by atomic mass is 16.5. The van der Waals surface area contributed by atoms with Crippen LogP contribution in [0.15, 0.2) is 48.5 Å². The number of aliphatic hydroxyl groups excluding tert-OH is 1. The summed E-state index contributed by atoms with van der Waals surface area (Å²) in [4.78, 5) is 14.8. The lowest BCUT2D eigenvalue weighted by Crippen LogP contribution is -2.49. The molecule has 1 saturated heterocycles. The molecule has 2 atom stereocenters. The highest BCUT2D eigenvalue weighted by molar-refractivity contribution is 5.79. The molecule has 1 heterocycles. The van der Waals surface area contributed by atoms with Crippen molar-refractivity contribution in [1.82, 2.24) is 4.90 Å². The third-order valence-electron chi connectivity index (χ3n) is 4.80. The smallest absolute Gasteiger partial charge is 0.227 e. The average molecular weight is 371 g/mol. The van der Waals surface area contributed by atoms with Gasteiger partial charge in [-0.25, -0.2) is 0 Å². The van der Waals surface area contributed by atoms with E-state index in [9.17, 15) is 9.90 Å². The number of aliphatic hydroxyl groups is 1. The van der Waals surface area contributed by atoms with E-state index in [0.29, 0.717) is 31.1 Å². The second-order valence-corrected chi connectivity index (χ2v) is 6.40. The van der Waals surface area contributed by atoms with Gasteiger partial charge in [0, 0.05) is 6.54 Å². The monoisotopic (exact) mass is 371 g/mol. The van der Waals surface area contributed by atoms with E-state index >= 15 is 0 Å². The summed E-state index contributed by atoms with van der Waals surface area (Å²) >= 11 is 0. The van der Waals surface area contributed by atoms with Crippen LogP contribution >= 0.6 is 0 Å². The molecule has 6 heteroatoms. The van der Waals surface area contributed by atoms with Gasteiger partial charge >= 0.3 is 0 Å². The molecule has 2 aromatic carbocycles. The van der Waals surface area contributed by atoms with Crippen molar-refractivity contribution in [3.63, 3.8) is 0 Å². The summed E-state index contributed by atoms with van der Waals surface area (Å²) in [7, 11) is 3.15. The molecule has 0 saturated carbocycles. The summed E-state index contributed by atoms with van der Waals surface area (Å²) in [5.41, 5.74) is 1.80. The van der Waals surface area contributed by atoms with E-state index in [-0.39, 0.29) is 18.6 Å². The topological polar surface area (TPSA) is 68.2 Å². The Morgan fingerprint density at radius 1 is 1.15 bits per heavy atom. The first-order chi connectivity index (χ1) is 13.2. The normalized spacial score (nSPS) is 19.6. The Balaban J connectivity index is 1.91. The van der Waals surface area contributed by atoms with Gasteiger partial charge < -0.3 is 24.2 Å². The van der Waals surface area contributed by atoms with E-state index < -0.39 is 6.10 Å². The number of rotatable bonds is 6. The molecule has 6 nitrogen and oxygen atoms in total. The molecule has 0 aliphatic carbocycles. The minimum absolute atomic E-state index is 0.00253. The van der Waals surface area contributed by atoms with Gasteiger partial charge in [-0.2, -0.15) is 0 Å². The van der Waals surface area contributed by atoms with Crippen molar-refractivity contribution in [3.8, 4) is 11.5 Å². The van der Waals surface area contributed by atoms with Crippen molar-refractivity contribution in [2.24, 2.45) is 0 Å². The summed E-state index contributed by atoms with van der Waals surface area (Å²) in [6, 6.07) is 14.8. The second-order valence-electron chi connectivity index (χ2n) is 6.40. The first kappa shape index (κ1) is 19.2. The number of carbonyl (C=O) groups excluding carboxylic acids is 1. The summed E-state index contributed by atoms with van der Waals surface area (Å²) < 4.78 is 16.4. The van der Waals surface area contributed by atoms with E-state index in [1.807, 2.05) is 42.5 Å². The van der Waals surface area contributed by atoms with Gasteiger partial charge in [-0.1, -0.05) is 36.4 Å². The summed E-state index contributed by atoms with van der Waals surface area (Å²) in [6.45, 7) is 0.699. The SMILES string of the molecule is COc1ccc([C@@H]2[C@@H](CO)OCCN2C(=O)Cc2ccccc2)cc1OC. The maximum absolute atomic E-state index is 13.0. The Kier molecular flexibility index (Phi) is 6.32. The van der Waals surface area contributed by atoms with Crippen molar-refractivity contribution < 1.29 is 24.1 Å². The number of amides is 1. The van der Waals surface area contributed by atoms with Crippen molar-refractivity contribution >= 4 is 5.91 Å². The van der Waals surface area contributed by atoms with Crippen molar-refractivity contribution in [1.29, 1.82) is 0 Å². The summed E-state index contributed by atoms with van der Waals surface area (Å²) in [5, 5.41) is 9.82. The van der Waals surface area contributed by atoms with Crippen LogP contribution in [0.5, 0.6) is 11.5 Å². The second kappa shape index (κ2) is 8.88. The number of morpholine rings is 1. The van der Waals surface area contributed by atoms with Crippen LogP contribution < -0.4 is 9.47 Å². The average Bonchev–Trinajstić information content (AvgIpc) is 2.73. The quantitative estimate of drug-likeness (QED) is 0.843. The van der Waals surface area contributed by atoms with Crippen LogP contribution in [0.3, 0.4) is 0 Å². The van der Waals surface area contributed by atoms with E-state index in [1.54, 1.807) is 25.2 Å². The fourth-order valence-corrected chi connectivity index (χ4v) is 3.47. The number of benzene rings is 2. The lowest BCUT2D eigenvalue weighted by atomic mass is 9.97. The lowest BCUT2D eigenvalue weighted by molar-refractivity contribution is -0.149. The maximum atomic E-state index is 13.0. The number of methoxy groups -OCH3 is 2. The zero-order chi connectivity index (χ0) is 19.2. The Hall–Kier alpha value is -2.57. The number of hydrogen-bond donors (Lipinski definition) is 1. The minimum atomic E-state index is -0.489. The van der Waals surface area contributed by atoms with E-state index in [1.165, 1.54) is 0 Å². The van der Waals surface area contributed by atoms with Crippen molar-refractivity contribution in [2.75, 3.05) is 34.0 Å². The van der Waals surface area contributed by atoms with Crippen LogP contribution in [0, 0.1) is 0 Å². The molecule has 3 rings (SSSR count). The highest BCUT2D eigenvalue weighted by Crippen LogP contribution is 2.35. The number of nitrogens with zero attached hydrogens (tertiary/aromatic N) is 1. The van der Waals surface area contributed by atoms with E-state index in [2.05, 4.69) is 0 Å². The third kappa shape index (κ3) is 4.23. The molecule has 1 aliphatic rings. The van der Waals surface area contributed by atoms with Gasteiger partial charge in [-0.15, -0.1) is 0 Å². The van der Waals surface area contributed by atoms with Crippen LogP contribution in [0.1, 0.15) is 17.2 Å². The molecular formula is C21H25NO5. The molecule has 1 N–H and O–H groups in total. The zero-order valence-corrected chi connectivity index (χ0v) is 15.6. The molecule has 1 amide bonds. The first-order valence-electron chi connectivity index (χ1n) is 8.95. The van der Waals surface area contributed by atoms with Crippen molar-refractivity contribution in [2.45, 2.75) is 18.6 Å². The minimum Gasteiger partial charge on any atom is -0.493 e. The first-order valence-corrected chi connectivity index (χ1v) is 8.95. The Bertz CT molecular complexity index is 764. The van der Waals surface area contributed by atoms with Crippen LogP contribution in [0.4, 0.5) is 0 Å². The lowest BCUT2D eigenvalue weighted by Gasteiger charge is -2.41. The van der Waals surface area contributed by atoms with Gasteiger partial charge in [0.2, 0.25) is 5.91 Å². The molecule has 0 aromatic heterocycles. The Morgan fingerprint density at radius 3 is 2.56 bits per heavy atom. The van der Waals surface area contributed by atoms with Gasteiger partial charge in [0.15, 0.2) is 11.5 Å². The number of carbonyl (C=O) groups is 1. The molecule has 2 aromatic rings. The van der Waals surface area contributed by atoms with Crippen LogP contribution in [0.2, 0.25) is 0 Å². The molecule has 0 radical (unpaired) electrons. The molecule has 0 spiro atoms. The summed E-state index contributed by atoms with van der Waals surface area (Å²) in [5.74, 6) is 1.19. The molecule has 0 unspecified atom stereocenters. The van der Waals surface area contributed by atoms with E-state index in [0.717, 1.165) is 11.1 Å². The largest absolute Gasteiger partial charge is 0.493 e. The Labute approximate surface area is 159 Å². The van der Waals surface area contributed by atoms with Gasteiger partial charge in [0.1, 0.15) is 6.10 Å². The van der Waals surface area contributed by atoms with Crippen LogP contribution in [-0.2, 0) is 16.0 Å². The standard InChI is InChI=1S/C21H25NO5/c1-25-17-9-8-16(13-18(17)26-2)21-19(14-23)27-11-10-22(21)20(24)12-15-6-4-3-5-7-15/h3-9,13,19,21,23H,10-12,14H2,1-2H3/t19-,21-/m1/s1. The highest BCUT2D eigenvalue weighted by Gasteiger charge is 2.36. The predicted octanol–water partition coefficient (Wildman–Crippen LogP) is 2.21. The van der Waals surface area contributed by atoms with E-state index in [4.69, 9.17) is 14.2 Å². The van der Waals surface area contributed by atoms with Crippen molar-refractivity contribution in [3.05, 3.63) is 59.7 Å². The molecule has 144 valence electrons. The summed E-state index contributed by atoms with van der Waals surface area (Å²) in [6.07, 6.45) is -0.181. The third-order valence-corrected chi connectivity index (χ3v) is 4.80. The molecule has 1 fully saturated rings. The molecule has 1 aliphatic heterocycles. The maximum Gasteiger partial charge on any atom is 0.227 e. The van der Waals surface area contributed by atoms with Gasteiger partial charge in [-0.3, -0.25) is 4.79 Å². The number of hydrogen-bond acceptors (Lipinski definition) is 5. The zero-order valence-electron chi connectivity index (χ0n) is 15.6. The predicted molar refractivity (Wildman–Crippen MR) is 101 cm³/mol. The van der Waals surface area contributed by atoms with Gasteiger partial charge in [-0.05, 0) is 23.3 Å². The molecule has 27 heavy (non-hydrogen) atoms. The fourth-order valence-electron chi connectivity index (χ4n) is 3.47. The molecular weight excluding hydrogens is 346 g/mol. The fraction of sp³-hybridized carbons (Fsp3) is 0.381. The number of ether oxygens (including phenoxy) is 3. The van der Waals surface area contributed by atoms with Crippen LogP contribution in [0.25, 0.3) is 0 Å².